The molecule has 2 N–H and O–H groups in total. The molecule has 2 heterocycles. The molecule has 0 bridgehead atoms. The van der Waals surface area contributed by atoms with Crippen molar-refractivity contribution < 1.29 is 18.0 Å². The highest BCUT2D eigenvalue weighted by Gasteiger charge is 2.30. The number of sulfonamides is 1. The minimum atomic E-state index is -3.59. The summed E-state index contributed by atoms with van der Waals surface area (Å²) in [5.74, 6) is -0.951. The molecule has 0 aliphatic carbocycles. The van der Waals surface area contributed by atoms with E-state index in [0.717, 1.165) is 22.4 Å². The molecule has 9 heteroatoms. The number of amidine groups is 1. The van der Waals surface area contributed by atoms with E-state index in [4.69, 9.17) is 0 Å². The first kappa shape index (κ1) is 19.8. The molecular formula is C19H22N4O4S. The second-order valence-electron chi connectivity index (χ2n) is 6.82. The first-order chi connectivity index (χ1) is 13.2. The van der Waals surface area contributed by atoms with Crippen LogP contribution < -0.4 is 10.6 Å². The Morgan fingerprint density at radius 1 is 1.18 bits per heavy atom. The topological polar surface area (TPSA) is 108 Å². The van der Waals surface area contributed by atoms with E-state index in [9.17, 15) is 18.0 Å². The summed E-state index contributed by atoms with van der Waals surface area (Å²) in [5.41, 5.74) is 3.82. The molecule has 2 aliphatic heterocycles. The summed E-state index contributed by atoms with van der Waals surface area (Å²) in [6, 6.07) is 3.94. The van der Waals surface area contributed by atoms with E-state index in [-0.39, 0.29) is 36.2 Å². The van der Waals surface area contributed by atoms with Gasteiger partial charge in [-0.05, 0) is 44.1 Å². The van der Waals surface area contributed by atoms with Gasteiger partial charge in [-0.3, -0.25) is 9.59 Å². The van der Waals surface area contributed by atoms with Gasteiger partial charge in [0, 0.05) is 18.4 Å². The molecule has 0 radical (unpaired) electrons. The molecule has 28 heavy (non-hydrogen) atoms. The number of hydrogen-bond donors (Lipinski definition) is 2. The number of hydrogen-bond acceptors (Lipinski definition) is 5. The Kier molecular flexibility index (Phi) is 5.37. The SMILES string of the molecule is Cc1cc(C)c(NC(=O)CNC(=O)C2=CC=CN3CCS(=O)(=O)N=C23)c(C)c1. The van der Waals surface area contributed by atoms with Crippen LogP contribution in [0.3, 0.4) is 0 Å². The van der Waals surface area contributed by atoms with Crippen LogP contribution in [0.25, 0.3) is 0 Å². The maximum absolute atomic E-state index is 12.5. The van der Waals surface area contributed by atoms with Crippen LogP contribution in [0.1, 0.15) is 16.7 Å². The molecule has 0 spiro atoms. The largest absolute Gasteiger partial charge is 0.343 e. The zero-order chi connectivity index (χ0) is 20.5. The molecule has 0 atom stereocenters. The van der Waals surface area contributed by atoms with E-state index >= 15 is 0 Å². The lowest BCUT2D eigenvalue weighted by Gasteiger charge is -2.28. The molecule has 0 saturated carbocycles. The van der Waals surface area contributed by atoms with Crippen LogP contribution in [0.2, 0.25) is 0 Å². The van der Waals surface area contributed by atoms with Crippen LogP contribution >= 0.6 is 0 Å². The molecule has 0 aromatic heterocycles. The molecule has 1 aromatic carbocycles. The van der Waals surface area contributed by atoms with Crippen LogP contribution in [-0.4, -0.2) is 49.8 Å². The van der Waals surface area contributed by atoms with Crippen LogP contribution in [0, 0.1) is 20.8 Å². The predicted octanol–water partition coefficient (Wildman–Crippen LogP) is 1.16. The van der Waals surface area contributed by atoms with E-state index in [0.29, 0.717) is 0 Å². The van der Waals surface area contributed by atoms with E-state index in [2.05, 4.69) is 15.0 Å². The predicted molar refractivity (Wildman–Crippen MR) is 107 cm³/mol. The van der Waals surface area contributed by atoms with Crippen LogP contribution in [0.4, 0.5) is 5.69 Å². The number of carbonyl (C=O) groups is 2. The number of nitrogens with zero attached hydrogens (tertiary/aromatic N) is 2. The highest BCUT2D eigenvalue weighted by molar-refractivity contribution is 7.90. The Bertz CT molecular complexity index is 1020. The smallest absolute Gasteiger partial charge is 0.256 e. The fourth-order valence-corrected chi connectivity index (χ4v) is 4.20. The second kappa shape index (κ2) is 7.59. The van der Waals surface area contributed by atoms with Crippen molar-refractivity contribution >= 4 is 33.4 Å². The Morgan fingerprint density at radius 3 is 2.54 bits per heavy atom. The molecule has 0 saturated heterocycles. The standard InChI is InChI=1S/C19H22N4O4S/c1-12-9-13(2)17(14(3)10-12)21-16(24)11-20-19(25)15-5-4-6-23-7-8-28(26,27)22-18(15)23/h4-6,9-10H,7-8,11H2,1-3H3,(H,20,25)(H,21,24). The van der Waals surface area contributed by atoms with Gasteiger partial charge in [-0.25, -0.2) is 8.42 Å². The van der Waals surface area contributed by atoms with Crippen molar-refractivity contribution in [3.8, 4) is 0 Å². The number of carbonyl (C=O) groups excluding carboxylic acids is 2. The van der Waals surface area contributed by atoms with E-state index in [1.165, 1.54) is 6.08 Å². The monoisotopic (exact) mass is 402 g/mol. The molecule has 0 fully saturated rings. The summed E-state index contributed by atoms with van der Waals surface area (Å²) in [5, 5.41) is 5.34. The van der Waals surface area contributed by atoms with Crippen molar-refractivity contribution in [1.82, 2.24) is 10.2 Å². The van der Waals surface area contributed by atoms with Gasteiger partial charge in [-0.15, -0.1) is 4.40 Å². The molecule has 3 rings (SSSR count). The Hall–Kier alpha value is -2.94. The van der Waals surface area contributed by atoms with Crippen molar-refractivity contribution in [3.05, 3.63) is 52.7 Å². The number of benzene rings is 1. The number of aryl methyl sites for hydroxylation is 3. The van der Waals surface area contributed by atoms with Gasteiger partial charge in [0.15, 0.2) is 5.84 Å². The van der Waals surface area contributed by atoms with Gasteiger partial charge in [0.2, 0.25) is 5.91 Å². The minimum absolute atomic E-state index is 0.0804. The second-order valence-corrected chi connectivity index (χ2v) is 8.58. The van der Waals surface area contributed by atoms with Gasteiger partial charge in [-0.2, -0.15) is 0 Å². The highest BCUT2D eigenvalue weighted by atomic mass is 32.2. The average molecular weight is 402 g/mol. The summed E-state index contributed by atoms with van der Waals surface area (Å²) in [4.78, 5) is 26.4. The third-order valence-corrected chi connectivity index (χ3v) is 5.60. The quantitative estimate of drug-likeness (QED) is 0.786. The molecule has 148 valence electrons. The van der Waals surface area contributed by atoms with Gasteiger partial charge in [-0.1, -0.05) is 17.7 Å². The maximum atomic E-state index is 12.5. The van der Waals surface area contributed by atoms with Crippen molar-refractivity contribution in [2.24, 2.45) is 4.40 Å². The first-order valence-electron chi connectivity index (χ1n) is 8.80. The average Bonchev–Trinajstić information content (AvgIpc) is 2.61. The fraction of sp³-hybridized carbons (Fsp3) is 0.316. The minimum Gasteiger partial charge on any atom is -0.343 e. The third-order valence-electron chi connectivity index (χ3n) is 4.45. The van der Waals surface area contributed by atoms with Gasteiger partial charge >= 0.3 is 0 Å². The van der Waals surface area contributed by atoms with Gasteiger partial charge in [0.25, 0.3) is 15.9 Å². The third kappa shape index (κ3) is 4.30. The lowest BCUT2D eigenvalue weighted by atomic mass is 10.1. The normalized spacial score (nSPS) is 17.3. The van der Waals surface area contributed by atoms with Gasteiger partial charge in [0.1, 0.15) is 0 Å². The van der Waals surface area contributed by atoms with Crippen molar-refractivity contribution in [2.45, 2.75) is 20.8 Å². The molecule has 8 nitrogen and oxygen atoms in total. The number of anilines is 1. The molecule has 1 aromatic rings. The zero-order valence-corrected chi connectivity index (χ0v) is 16.8. The van der Waals surface area contributed by atoms with Crippen molar-refractivity contribution in [1.29, 1.82) is 0 Å². The van der Waals surface area contributed by atoms with E-state index in [1.807, 2.05) is 32.9 Å². The zero-order valence-electron chi connectivity index (χ0n) is 15.9. The highest BCUT2D eigenvalue weighted by Crippen LogP contribution is 2.22. The van der Waals surface area contributed by atoms with E-state index in [1.54, 1.807) is 17.2 Å². The summed E-state index contributed by atoms with van der Waals surface area (Å²) in [7, 11) is -3.59. The number of allylic oxidation sites excluding steroid dienone is 2. The Morgan fingerprint density at radius 2 is 1.86 bits per heavy atom. The van der Waals surface area contributed by atoms with Crippen LogP contribution in [0.5, 0.6) is 0 Å². The number of rotatable bonds is 4. The number of fused-ring (bicyclic) bond motifs is 1. The summed E-state index contributed by atoms with van der Waals surface area (Å²) in [6.45, 7) is 5.78. The molecule has 2 aliphatic rings. The van der Waals surface area contributed by atoms with E-state index < -0.39 is 15.9 Å². The summed E-state index contributed by atoms with van der Waals surface area (Å²) >= 11 is 0. The maximum Gasteiger partial charge on any atom is 0.256 e. The van der Waals surface area contributed by atoms with Crippen LogP contribution in [-0.2, 0) is 19.6 Å². The van der Waals surface area contributed by atoms with Gasteiger partial charge in [0.05, 0.1) is 17.9 Å². The Labute approximate surface area is 164 Å². The number of amides is 2. The molecule has 0 unspecified atom stereocenters. The Balaban J connectivity index is 1.67. The van der Waals surface area contributed by atoms with Crippen molar-refractivity contribution in [2.75, 3.05) is 24.2 Å². The summed E-state index contributed by atoms with van der Waals surface area (Å²) in [6.07, 6.45) is 4.79. The lowest BCUT2D eigenvalue weighted by molar-refractivity contribution is -0.121. The lowest BCUT2D eigenvalue weighted by Crippen LogP contribution is -2.43. The number of nitrogens with one attached hydrogen (secondary N) is 2. The van der Waals surface area contributed by atoms with Crippen LogP contribution in [0.15, 0.2) is 40.5 Å². The summed E-state index contributed by atoms with van der Waals surface area (Å²) < 4.78 is 27.2. The fourth-order valence-electron chi connectivity index (χ4n) is 3.21. The molecular weight excluding hydrogens is 380 g/mol. The molecule has 2 amide bonds. The van der Waals surface area contributed by atoms with Gasteiger partial charge < -0.3 is 15.5 Å². The first-order valence-corrected chi connectivity index (χ1v) is 10.4. The van der Waals surface area contributed by atoms with Crippen molar-refractivity contribution in [3.63, 3.8) is 0 Å².